The molecule has 0 spiro atoms. The summed E-state index contributed by atoms with van der Waals surface area (Å²) in [7, 11) is 0. The van der Waals surface area contributed by atoms with E-state index in [0.717, 1.165) is 14.8 Å². The Morgan fingerprint density at radius 2 is 1.55 bits per heavy atom. The van der Waals surface area contributed by atoms with Crippen LogP contribution in [0.1, 0.15) is 43.0 Å². The van der Waals surface area contributed by atoms with Crippen LogP contribution in [0.25, 0.3) is 0 Å². The molecule has 1 aliphatic heterocycles. The zero-order chi connectivity index (χ0) is 21.4. The number of hydrogen-bond donors (Lipinski definition) is 0. The molecule has 1 aromatic carbocycles. The summed E-state index contributed by atoms with van der Waals surface area (Å²) in [5.41, 5.74) is 3.11. The normalized spacial score (nSPS) is 15.2. The Balaban J connectivity index is 0.00000420. The largest absolute Gasteiger partial charge is 1.00 e. The summed E-state index contributed by atoms with van der Waals surface area (Å²) in [6.07, 6.45) is -1.21. The van der Waals surface area contributed by atoms with E-state index in [9.17, 15) is 17.7 Å². The zero-order valence-electron chi connectivity index (χ0n) is 18.3. The van der Waals surface area contributed by atoms with E-state index in [4.69, 9.17) is 4.74 Å². The quantitative estimate of drug-likeness (QED) is 0.428. The van der Waals surface area contributed by atoms with Gasteiger partial charge in [0, 0.05) is 35.4 Å². The van der Waals surface area contributed by atoms with E-state index in [1.165, 1.54) is 0 Å². The number of anilines is 1. The minimum Gasteiger partial charge on any atom is -0.449 e. The molecule has 0 unspecified atom stereocenters. The molecule has 1 aliphatic rings. The van der Waals surface area contributed by atoms with Crippen molar-refractivity contribution in [3.05, 3.63) is 25.8 Å². The van der Waals surface area contributed by atoms with Gasteiger partial charge in [-0.3, -0.25) is 0 Å². The van der Waals surface area contributed by atoms with Gasteiger partial charge < -0.3 is 27.5 Å². The maximum atomic E-state index is 13.2. The first-order valence-electron chi connectivity index (χ1n) is 9.43. The second kappa shape index (κ2) is 10.4. The van der Waals surface area contributed by atoms with E-state index in [-0.39, 0.29) is 57.5 Å². The molecule has 158 valence electrons. The number of nitrogens with zero attached hydrogens (tertiary/aromatic N) is 2. The first-order valence-corrected chi connectivity index (χ1v) is 10.5. The van der Waals surface area contributed by atoms with Gasteiger partial charge in [-0.2, -0.15) is 0 Å². The van der Waals surface area contributed by atoms with Gasteiger partial charge in [0.1, 0.15) is 5.60 Å². The average molecular weight is 550 g/mol. The van der Waals surface area contributed by atoms with Gasteiger partial charge in [-0.1, -0.05) is 11.9 Å². The molecule has 1 amide bonds. The molecule has 1 heterocycles. The van der Waals surface area contributed by atoms with Gasteiger partial charge in [0.2, 0.25) is 0 Å². The van der Waals surface area contributed by atoms with Crippen molar-refractivity contribution in [2.45, 2.75) is 53.5 Å². The molecule has 0 bridgehead atoms. The number of halogens is 4. The molecule has 1 fully saturated rings. The van der Waals surface area contributed by atoms with Gasteiger partial charge in [-0.25, -0.2) is 4.79 Å². The van der Waals surface area contributed by atoms with Crippen molar-refractivity contribution in [3.8, 4) is 0 Å². The summed E-state index contributed by atoms with van der Waals surface area (Å²) in [6, 6.07) is 0. The summed E-state index contributed by atoms with van der Waals surface area (Å²) in [6.45, 7) is 8.17. The molecule has 1 saturated heterocycles. The van der Waals surface area contributed by atoms with Crippen LogP contribution in [0.3, 0.4) is 0 Å². The number of carbonyl (C=O) groups excluding carboxylic acids is 1. The Morgan fingerprint density at radius 1 is 1.03 bits per heavy atom. The topological polar surface area (TPSA) is 32.8 Å². The van der Waals surface area contributed by atoms with E-state index < -0.39 is 18.9 Å². The van der Waals surface area contributed by atoms with E-state index in [0.29, 0.717) is 42.9 Å². The summed E-state index contributed by atoms with van der Waals surface area (Å²) >= 11 is 2.14. The molecule has 0 N–H and O–H groups in total. The van der Waals surface area contributed by atoms with Gasteiger partial charge in [0.15, 0.2) is 0 Å². The third kappa shape index (κ3) is 7.27. The van der Waals surface area contributed by atoms with Gasteiger partial charge in [0.05, 0.1) is 0 Å². The van der Waals surface area contributed by atoms with Gasteiger partial charge in [-0.15, -0.1) is 0 Å². The van der Waals surface area contributed by atoms with Crippen LogP contribution in [-0.4, -0.2) is 49.8 Å². The Morgan fingerprint density at radius 3 is 2.00 bits per heavy atom. The summed E-state index contributed by atoms with van der Waals surface area (Å²) < 4.78 is 45.8. The van der Waals surface area contributed by atoms with Gasteiger partial charge in [0.25, 0.3) is 0 Å². The number of hydrogen-bond acceptors (Lipinski definition) is 3. The minimum absolute atomic E-state index is 0. The second-order valence-electron chi connectivity index (χ2n) is 8.39. The number of amides is 1. The van der Waals surface area contributed by atoms with Crippen LogP contribution < -0.4 is 56.3 Å². The summed E-state index contributed by atoms with van der Waals surface area (Å²) in [4.78, 5) is 16.0. The molecule has 10 heteroatoms. The fourth-order valence-electron chi connectivity index (χ4n) is 3.67. The Bertz CT molecular complexity index is 762. The van der Waals surface area contributed by atoms with Crippen molar-refractivity contribution in [1.82, 2.24) is 4.90 Å². The Labute approximate surface area is 227 Å². The van der Waals surface area contributed by atoms with Crippen molar-refractivity contribution < 1.29 is 73.9 Å². The van der Waals surface area contributed by atoms with Gasteiger partial charge in [-0.05, 0) is 80.8 Å². The van der Waals surface area contributed by atoms with Crippen LogP contribution in [0.5, 0.6) is 0 Å². The first-order chi connectivity index (χ1) is 12.7. The molecule has 2 rings (SSSR count). The number of piperazine rings is 1. The van der Waals surface area contributed by atoms with Crippen LogP contribution in [0.15, 0.2) is 0 Å². The molecule has 29 heavy (non-hydrogen) atoms. The first kappa shape index (κ1) is 27.5. The zero-order valence-corrected chi connectivity index (χ0v) is 23.6. The van der Waals surface area contributed by atoms with Crippen LogP contribution >= 0.6 is 22.6 Å². The van der Waals surface area contributed by atoms with Gasteiger partial charge >= 0.3 is 64.5 Å². The average Bonchev–Trinajstić information content (AvgIpc) is 2.55. The Kier molecular flexibility index (Phi) is 9.90. The van der Waals surface area contributed by atoms with Crippen molar-refractivity contribution in [3.63, 3.8) is 0 Å². The molecule has 0 saturated carbocycles. The van der Waals surface area contributed by atoms with Crippen LogP contribution in [-0.2, 0) is 11.1 Å². The number of ether oxygens (including phenoxy) is 1. The van der Waals surface area contributed by atoms with Crippen LogP contribution in [0, 0.1) is 24.3 Å². The fourth-order valence-corrected chi connectivity index (χ4v) is 4.26. The fraction of sp³-hybridized carbons (Fsp3) is 0.632. The standard InChI is InChI=1S/C19H28BF3IN2O2.K/c1-12-15(11-20(21,22)23)13(2)17(14(3)16(12)24)25-7-9-26(10-8-25)18(27)28-19(4,5)6;/h7-11H2,1-6H3;/q-1;+1. The molecule has 4 nitrogen and oxygen atoms in total. The third-order valence-electron chi connectivity index (χ3n) is 4.96. The van der Waals surface area contributed by atoms with E-state index in [1.807, 2.05) is 27.7 Å². The molecular weight excluding hydrogens is 522 g/mol. The monoisotopic (exact) mass is 550 g/mol. The molecular formula is C19H28BF3IKN2O2. The van der Waals surface area contributed by atoms with E-state index in [2.05, 4.69) is 27.5 Å². The SMILES string of the molecule is Cc1c(I)c(C)c(N2CCN(C(=O)OC(C)(C)C)CC2)c(C)c1C[B-](F)(F)F.[K+]. The number of carbonyl (C=O) groups is 1. The van der Waals surface area contributed by atoms with Crippen molar-refractivity contribution >= 4 is 41.3 Å². The molecule has 0 aliphatic carbocycles. The molecule has 0 radical (unpaired) electrons. The van der Waals surface area contributed by atoms with E-state index in [1.54, 1.807) is 18.7 Å². The molecule has 0 aromatic heterocycles. The van der Waals surface area contributed by atoms with Crippen LogP contribution in [0.2, 0.25) is 0 Å². The summed E-state index contributed by atoms with van der Waals surface area (Å²) in [5, 5.41) is 0. The predicted octanol–water partition coefficient (Wildman–Crippen LogP) is 2.21. The second-order valence-corrected chi connectivity index (χ2v) is 9.46. The maximum Gasteiger partial charge on any atom is 1.00 e. The molecule has 0 atom stereocenters. The van der Waals surface area contributed by atoms with Crippen molar-refractivity contribution in [1.29, 1.82) is 0 Å². The third-order valence-corrected chi connectivity index (χ3v) is 6.58. The maximum absolute atomic E-state index is 13.2. The Hall–Kier alpha value is 0.511. The minimum atomic E-state index is -4.91. The number of benzene rings is 1. The van der Waals surface area contributed by atoms with Crippen molar-refractivity contribution in [2.75, 3.05) is 31.1 Å². The van der Waals surface area contributed by atoms with Crippen molar-refractivity contribution in [2.24, 2.45) is 0 Å². The summed E-state index contributed by atoms with van der Waals surface area (Å²) in [5.74, 6) is 0. The van der Waals surface area contributed by atoms with E-state index >= 15 is 0 Å². The number of rotatable bonds is 3. The predicted molar refractivity (Wildman–Crippen MR) is 116 cm³/mol. The molecule has 1 aromatic rings. The smallest absolute Gasteiger partial charge is 0.449 e. The van der Waals surface area contributed by atoms with Crippen LogP contribution in [0.4, 0.5) is 23.4 Å².